The van der Waals surface area contributed by atoms with Crippen LogP contribution < -0.4 is 15.4 Å². The van der Waals surface area contributed by atoms with Crippen molar-refractivity contribution in [2.45, 2.75) is 38.4 Å². The third-order valence-electron chi connectivity index (χ3n) is 8.41. The molecule has 2 N–H and O–H groups in total. The van der Waals surface area contributed by atoms with Gasteiger partial charge in [-0.2, -0.15) is 13.2 Å². The van der Waals surface area contributed by atoms with Crippen molar-refractivity contribution >= 4 is 34.1 Å². The van der Waals surface area contributed by atoms with E-state index in [1.165, 1.54) is 17.7 Å². The maximum atomic E-state index is 15.2. The smallest absolute Gasteiger partial charge is 0.417 e. The number of pyridine rings is 1. The second-order valence-corrected chi connectivity index (χ2v) is 11.8. The van der Waals surface area contributed by atoms with Gasteiger partial charge in [-0.3, -0.25) is 14.0 Å². The van der Waals surface area contributed by atoms with Crippen LogP contribution in [0.2, 0.25) is 0 Å². The van der Waals surface area contributed by atoms with Gasteiger partial charge in [0.1, 0.15) is 45.8 Å². The number of anilines is 1. The normalized spacial score (nSPS) is 14.3. The molecule has 0 atom stereocenters. The summed E-state index contributed by atoms with van der Waals surface area (Å²) in [5.41, 5.74) is -3.84. The predicted octanol–water partition coefficient (Wildman–Crippen LogP) is 6.51. The first-order valence-electron chi connectivity index (χ1n) is 14.7. The lowest BCUT2D eigenvalue weighted by atomic mass is 9.97. The van der Waals surface area contributed by atoms with Crippen LogP contribution in [0.1, 0.15) is 47.2 Å². The average Bonchev–Trinajstić information content (AvgIpc) is 3.49. The van der Waals surface area contributed by atoms with Gasteiger partial charge in [0.15, 0.2) is 5.75 Å². The van der Waals surface area contributed by atoms with E-state index in [0.29, 0.717) is 24.5 Å². The number of aryl methyl sites for hydroxylation is 2. The van der Waals surface area contributed by atoms with Crippen LogP contribution in [0.3, 0.4) is 0 Å². The van der Waals surface area contributed by atoms with Crippen molar-refractivity contribution < 1.29 is 40.7 Å². The summed E-state index contributed by atoms with van der Waals surface area (Å²) >= 11 is 0. The largest absolute Gasteiger partial charge is 0.494 e. The minimum absolute atomic E-state index is 0.0293. The molecular weight excluding hydrogens is 642 g/mol. The summed E-state index contributed by atoms with van der Waals surface area (Å²) in [6.45, 7) is 4.00. The molecule has 3 aromatic heterocycles. The number of aromatic nitrogens is 4. The topological polar surface area (TPSA) is 103 Å². The SMILES string of the molecule is COc1c(-c2cc(F)cn3c(C(=O)c4cc(F)c(NC(=O)/C=C/CNC5(C)CC5)c(F)c4)cnc23)c(C(F)(F)F)cc2c1nc(C)n2C. The monoisotopic (exact) mass is 670 g/mol. The number of nitrogens with one attached hydrogen (secondary N) is 2. The maximum Gasteiger partial charge on any atom is 0.417 e. The third-order valence-corrected chi connectivity index (χ3v) is 8.41. The summed E-state index contributed by atoms with van der Waals surface area (Å²) in [4.78, 5) is 34.2. The molecule has 0 unspecified atom stereocenters. The number of benzene rings is 2. The number of alkyl halides is 3. The number of carbonyl (C=O) groups is 2. The van der Waals surface area contributed by atoms with E-state index in [0.717, 1.165) is 55.0 Å². The van der Waals surface area contributed by atoms with Crippen molar-refractivity contribution in [2.24, 2.45) is 7.05 Å². The van der Waals surface area contributed by atoms with Gasteiger partial charge in [-0.15, -0.1) is 0 Å². The molecule has 9 nitrogen and oxygen atoms in total. The summed E-state index contributed by atoms with van der Waals surface area (Å²) in [6, 6.07) is 3.05. The number of amides is 1. The van der Waals surface area contributed by atoms with Gasteiger partial charge >= 0.3 is 6.18 Å². The van der Waals surface area contributed by atoms with Crippen molar-refractivity contribution in [3.63, 3.8) is 0 Å². The molecule has 0 aliphatic heterocycles. The molecule has 15 heteroatoms. The van der Waals surface area contributed by atoms with E-state index < -0.39 is 63.4 Å². The molecule has 48 heavy (non-hydrogen) atoms. The predicted molar refractivity (Wildman–Crippen MR) is 164 cm³/mol. The number of fused-ring (bicyclic) bond motifs is 2. The molecule has 0 spiro atoms. The van der Waals surface area contributed by atoms with Gasteiger partial charge in [-0.25, -0.2) is 23.1 Å². The van der Waals surface area contributed by atoms with Crippen LogP contribution in [-0.2, 0) is 18.0 Å². The van der Waals surface area contributed by atoms with Crippen molar-refractivity contribution in [2.75, 3.05) is 19.0 Å². The van der Waals surface area contributed by atoms with Crippen molar-refractivity contribution in [3.05, 3.63) is 88.9 Å². The van der Waals surface area contributed by atoms with E-state index in [1.807, 2.05) is 6.92 Å². The molecule has 0 radical (unpaired) electrons. The zero-order valence-electron chi connectivity index (χ0n) is 26.0. The minimum Gasteiger partial charge on any atom is -0.494 e. The number of ether oxygens (including phenoxy) is 1. The first kappa shape index (κ1) is 32.7. The molecule has 0 bridgehead atoms. The molecule has 1 aliphatic rings. The van der Waals surface area contributed by atoms with Gasteiger partial charge < -0.3 is 19.9 Å². The van der Waals surface area contributed by atoms with Crippen LogP contribution in [-0.4, -0.2) is 49.8 Å². The van der Waals surface area contributed by atoms with E-state index in [1.54, 1.807) is 6.92 Å². The van der Waals surface area contributed by atoms with Gasteiger partial charge in [0, 0.05) is 48.1 Å². The molecule has 0 saturated heterocycles. The van der Waals surface area contributed by atoms with Gasteiger partial charge in [0.05, 0.1) is 24.4 Å². The second kappa shape index (κ2) is 11.8. The zero-order valence-corrected chi connectivity index (χ0v) is 26.0. The highest BCUT2D eigenvalue weighted by Crippen LogP contribution is 2.47. The standard InChI is InChI=1S/C33H28F6N6O3/c1-16-42-28-23(44(16)3)13-20(33(37,38)39)26(30(28)48-4)19-12-18(34)15-45-24(14-40-31(19)45)29(47)17-10-21(35)27(22(36)11-17)43-25(46)6-5-9-41-32(2)7-8-32/h5-6,10-15,41H,7-9H2,1-4H3,(H,43,46)/b6-5+. The van der Waals surface area contributed by atoms with Crippen molar-refractivity contribution in [3.8, 4) is 16.9 Å². The summed E-state index contributed by atoms with van der Waals surface area (Å²) in [6.07, 6.45) is 1.48. The Balaban J connectivity index is 1.38. The lowest BCUT2D eigenvalue weighted by Crippen LogP contribution is -2.27. The van der Waals surface area contributed by atoms with Gasteiger partial charge in [0.25, 0.3) is 0 Å². The Morgan fingerprint density at radius 3 is 2.42 bits per heavy atom. The van der Waals surface area contributed by atoms with Crippen LogP contribution in [0.15, 0.2) is 48.8 Å². The first-order chi connectivity index (χ1) is 22.6. The molecule has 6 rings (SSSR count). The Kier molecular flexibility index (Phi) is 8.06. The van der Waals surface area contributed by atoms with Crippen LogP contribution in [0, 0.1) is 24.4 Å². The number of imidazole rings is 2. The van der Waals surface area contributed by atoms with E-state index >= 15 is 13.2 Å². The summed E-state index contributed by atoms with van der Waals surface area (Å²) in [7, 11) is 2.69. The number of halogens is 6. The quantitative estimate of drug-likeness (QED) is 0.105. The van der Waals surface area contributed by atoms with Gasteiger partial charge in [-0.05, 0) is 51.0 Å². The Hall–Kier alpha value is -5.18. The molecule has 3 heterocycles. The van der Waals surface area contributed by atoms with Crippen LogP contribution in [0.25, 0.3) is 27.8 Å². The second-order valence-electron chi connectivity index (χ2n) is 11.8. The number of hydrogen-bond acceptors (Lipinski definition) is 6. The fourth-order valence-corrected chi connectivity index (χ4v) is 5.48. The highest BCUT2D eigenvalue weighted by atomic mass is 19.4. The highest BCUT2D eigenvalue weighted by Gasteiger charge is 2.39. The number of hydrogen-bond donors (Lipinski definition) is 2. The number of rotatable bonds is 9. The van der Waals surface area contributed by atoms with E-state index in [4.69, 9.17) is 4.74 Å². The van der Waals surface area contributed by atoms with Crippen molar-refractivity contribution in [1.82, 2.24) is 24.3 Å². The fourth-order valence-electron chi connectivity index (χ4n) is 5.48. The molecule has 1 amide bonds. The number of carbonyl (C=O) groups excluding carboxylic acids is 2. The van der Waals surface area contributed by atoms with Crippen molar-refractivity contribution in [1.29, 1.82) is 0 Å². The lowest BCUT2D eigenvalue weighted by molar-refractivity contribution is -0.137. The molecule has 1 aliphatic carbocycles. The summed E-state index contributed by atoms with van der Waals surface area (Å²) < 4.78 is 96.5. The van der Waals surface area contributed by atoms with Crippen LogP contribution in [0.4, 0.5) is 32.0 Å². The molecular formula is C33H28F6N6O3. The first-order valence-corrected chi connectivity index (χ1v) is 14.7. The number of nitrogens with zero attached hydrogens (tertiary/aromatic N) is 4. The lowest BCUT2D eigenvalue weighted by Gasteiger charge is -2.18. The van der Waals surface area contributed by atoms with Crippen LogP contribution in [0.5, 0.6) is 5.75 Å². The molecule has 5 aromatic rings. The highest BCUT2D eigenvalue weighted by molar-refractivity contribution is 6.09. The molecule has 2 aromatic carbocycles. The van der Waals surface area contributed by atoms with E-state index in [9.17, 15) is 22.8 Å². The molecule has 1 saturated carbocycles. The van der Waals surface area contributed by atoms with Gasteiger partial charge in [-0.1, -0.05) is 6.08 Å². The molecule has 250 valence electrons. The third kappa shape index (κ3) is 5.89. The summed E-state index contributed by atoms with van der Waals surface area (Å²) in [5.74, 6) is -5.28. The van der Waals surface area contributed by atoms with E-state index in [-0.39, 0.29) is 33.5 Å². The van der Waals surface area contributed by atoms with Gasteiger partial charge in [0.2, 0.25) is 11.7 Å². The molecule has 1 fully saturated rings. The Labute approximate surface area is 269 Å². The van der Waals surface area contributed by atoms with E-state index in [2.05, 4.69) is 20.6 Å². The maximum absolute atomic E-state index is 15.2. The number of methoxy groups -OCH3 is 1. The summed E-state index contributed by atoms with van der Waals surface area (Å²) in [5, 5.41) is 5.33. The Morgan fingerprint density at radius 1 is 1.10 bits per heavy atom. The Morgan fingerprint density at radius 2 is 1.79 bits per heavy atom. The zero-order chi connectivity index (χ0) is 34.7. The number of ketones is 1. The fraction of sp³-hybridized carbons (Fsp3) is 0.273. The minimum atomic E-state index is -4.93. The average molecular weight is 671 g/mol. The van der Waals surface area contributed by atoms with Crippen LogP contribution >= 0.6 is 0 Å². The Bertz CT molecular complexity index is 2140.